The maximum absolute atomic E-state index is 13.2. The Labute approximate surface area is 156 Å². The second kappa shape index (κ2) is 6.68. The van der Waals surface area contributed by atoms with Crippen molar-refractivity contribution in [2.24, 2.45) is 5.92 Å². The zero-order valence-electron chi connectivity index (χ0n) is 15.0. The Morgan fingerprint density at radius 2 is 1.92 bits per heavy atom. The van der Waals surface area contributed by atoms with Gasteiger partial charge in [-0.05, 0) is 38.2 Å². The maximum Gasteiger partial charge on any atom is 0.341 e. The van der Waals surface area contributed by atoms with Crippen LogP contribution in [0.2, 0.25) is 0 Å². The molecule has 1 saturated heterocycles. The van der Waals surface area contributed by atoms with E-state index in [1.807, 2.05) is 0 Å². The van der Waals surface area contributed by atoms with Crippen molar-refractivity contribution in [2.45, 2.75) is 63.8 Å². The molecule has 0 radical (unpaired) electrons. The Balaban J connectivity index is 1.69. The first-order chi connectivity index (χ1) is 12.5. The van der Waals surface area contributed by atoms with Gasteiger partial charge in [0.25, 0.3) is 0 Å². The Kier molecular flexibility index (Phi) is 4.50. The summed E-state index contributed by atoms with van der Waals surface area (Å²) in [6.45, 7) is 2.03. The molecular weight excluding hydrogens is 352 g/mol. The highest BCUT2D eigenvalue weighted by Gasteiger charge is 2.53. The van der Waals surface area contributed by atoms with Crippen LogP contribution in [0.5, 0.6) is 0 Å². The first-order valence-electron chi connectivity index (χ1n) is 9.49. The third-order valence-corrected chi connectivity index (χ3v) is 7.08. The van der Waals surface area contributed by atoms with Crippen molar-refractivity contribution < 1.29 is 19.1 Å². The number of hydrogen-bond donors (Lipinski definition) is 1. The van der Waals surface area contributed by atoms with Gasteiger partial charge in [-0.1, -0.05) is 19.3 Å². The lowest BCUT2D eigenvalue weighted by Gasteiger charge is -2.29. The number of ether oxygens (including phenoxy) is 1. The minimum Gasteiger partial charge on any atom is -0.462 e. The second-order valence-corrected chi connectivity index (χ2v) is 8.45. The van der Waals surface area contributed by atoms with Crippen molar-refractivity contribution in [1.29, 1.82) is 0 Å². The summed E-state index contributed by atoms with van der Waals surface area (Å²) >= 11 is 1.28. The van der Waals surface area contributed by atoms with Crippen LogP contribution < -0.4 is 5.73 Å². The zero-order valence-corrected chi connectivity index (χ0v) is 15.8. The number of imide groups is 1. The minimum absolute atomic E-state index is 0.0257. The van der Waals surface area contributed by atoms with E-state index in [0.29, 0.717) is 23.4 Å². The number of nitrogens with zero attached hydrogens (tertiary/aromatic N) is 1. The number of likely N-dealkylation sites (tertiary alicyclic amines) is 1. The highest BCUT2D eigenvalue weighted by Crippen LogP contribution is 2.50. The van der Waals surface area contributed by atoms with Crippen molar-refractivity contribution in [1.82, 2.24) is 4.90 Å². The summed E-state index contributed by atoms with van der Waals surface area (Å²) in [6, 6.07) is 0.0413. The van der Waals surface area contributed by atoms with Crippen molar-refractivity contribution >= 4 is 34.1 Å². The summed E-state index contributed by atoms with van der Waals surface area (Å²) in [5.41, 5.74) is 7.32. The monoisotopic (exact) mass is 376 g/mol. The summed E-state index contributed by atoms with van der Waals surface area (Å²) in [6.07, 6.45) is 6.31. The highest BCUT2D eigenvalue weighted by molar-refractivity contribution is 7.16. The molecule has 6 nitrogen and oxygen atoms in total. The number of amides is 2. The summed E-state index contributed by atoms with van der Waals surface area (Å²) in [5, 5.41) is 0.394. The molecule has 3 aliphatic rings. The number of carbonyl (C=O) groups is 3. The van der Waals surface area contributed by atoms with Crippen LogP contribution in [0.4, 0.5) is 5.00 Å². The van der Waals surface area contributed by atoms with E-state index in [2.05, 4.69) is 0 Å². The second-order valence-electron chi connectivity index (χ2n) is 7.37. The van der Waals surface area contributed by atoms with Gasteiger partial charge in [-0.25, -0.2) is 4.79 Å². The molecule has 7 heteroatoms. The quantitative estimate of drug-likeness (QED) is 0.647. The molecule has 26 heavy (non-hydrogen) atoms. The number of esters is 1. The van der Waals surface area contributed by atoms with E-state index in [1.165, 1.54) is 17.8 Å². The zero-order chi connectivity index (χ0) is 18.4. The number of nitrogens with two attached hydrogens (primary N) is 1. The Hall–Kier alpha value is -1.89. The molecule has 4 rings (SSSR count). The van der Waals surface area contributed by atoms with E-state index in [-0.39, 0.29) is 30.4 Å². The molecule has 2 heterocycles. The summed E-state index contributed by atoms with van der Waals surface area (Å²) in [4.78, 5) is 40.8. The van der Waals surface area contributed by atoms with Crippen LogP contribution in [0.1, 0.15) is 72.2 Å². The third-order valence-electron chi connectivity index (χ3n) is 5.93. The highest BCUT2D eigenvalue weighted by atomic mass is 32.1. The van der Waals surface area contributed by atoms with Gasteiger partial charge < -0.3 is 10.5 Å². The molecule has 0 spiro atoms. The average molecular weight is 376 g/mol. The van der Waals surface area contributed by atoms with Gasteiger partial charge in [0.05, 0.1) is 24.0 Å². The molecule has 1 saturated carbocycles. The van der Waals surface area contributed by atoms with Crippen LogP contribution in [0.25, 0.3) is 0 Å². The van der Waals surface area contributed by atoms with Crippen molar-refractivity contribution in [3.8, 4) is 0 Å². The molecule has 1 aromatic heterocycles. The van der Waals surface area contributed by atoms with Crippen LogP contribution in [0.15, 0.2) is 0 Å². The smallest absolute Gasteiger partial charge is 0.341 e. The fourth-order valence-corrected chi connectivity index (χ4v) is 6.03. The average Bonchev–Trinajstić information content (AvgIpc) is 3.09. The van der Waals surface area contributed by atoms with Crippen LogP contribution in [-0.2, 0) is 20.7 Å². The molecule has 2 atom stereocenters. The fraction of sp³-hybridized carbons (Fsp3) is 0.632. The van der Waals surface area contributed by atoms with Crippen LogP contribution in [0.3, 0.4) is 0 Å². The SMILES string of the molecule is CCOC(=O)c1c(N)sc2c1CC[C@@H]1C(=O)N(C3CCCCC3)C(=O)[C@@H]21. The molecule has 1 aromatic rings. The van der Waals surface area contributed by atoms with Gasteiger partial charge in [0, 0.05) is 10.9 Å². The normalized spacial score (nSPS) is 26.0. The predicted octanol–water partition coefficient (Wildman–Crippen LogP) is 2.85. The first kappa shape index (κ1) is 17.5. The lowest BCUT2D eigenvalue weighted by Crippen LogP contribution is -2.41. The predicted molar refractivity (Wildman–Crippen MR) is 98.0 cm³/mol. The van der Waals surface area contributed by atoms with Crippen molar-refractivity contribution in [2.75, 3.05) is 12.3 Å². The van der Waals surface area contributed by atoms with Gasteiger partial charge in [0.15, 0.2) is 0 Å². The molecule has 2 fully saturated rings. The molecule has 140 valence electrons. The number of carbonyl (C=O) groups excluding carboxylic acids is 3. The van der Waals surface area contributed by atoms with E-state index in [1.54, 1.807) is 11.8 Å². The van der Waals surface area contributed by atoms with Gasteiger partial charge in [-0.2, -0.15) is 0 Å². The van der Waals surface area contributed by atoms with E-state index in [0.717, 1.165) is 36.1 Å². The minimum atomic E-state index is -0.469. The number of nitrogen functional groups attached to an aromatic ring is 1. The van der Waals surface area contributed by atoms with Crippen molar-refractivity contribution in [3.05, 3.63) is 16.0 Å². The molecule has 2 aliphatic carbocycles. The number of hydrogen-bond acceptors (Lipinski definition) is 6. The van der Waals surface area contributed by atoms with Gasteiger partial charge in [0.2, 0.25) is 11.8 Å². The standard InChI is InChI=1S/C19H24N2O4S/c1-2-25-19(24)14-11-8-9-12-13(15(11)26-16(14)20)18(23)21(17(12)22)10-6-4-3-5-7-10/h10,12-13H,2-9,20H2,1H3/t12-,13+/m0/s1. The Bertz CT molecular complexity index is 766. The number of anilines is 1. The third kappa shape index (κ3) is 2.55. The lowest BCUT2D eigenvalue weighted by atomic mass is 9.80. The molecule has 0 bridgehead atoms. The van der Waals surface area contributed by atoms with Gasteiger partial charge in [0.1, 0.15) is 5.00 Å². The number of rotatable bonds is 3. The van der Waals surface area contributed by atoms with Crippen LogP contribution in [0, 0.1) is 5.92 Å². The Morgan fingerprint density at radius 1 is 1.19 bits per heavy atom. The van der Waals surface area contributed by atoms with Crippen molar-refractivity contribution in [3.63, 3.8) is 0 Å². The molecule has 2 amide bonds. The van der Waals surface area contributed by atoms with Gasteiger partial charge in [-0.3, -0.25) is 14.5 Å². The lowest BCUT2D eigenvalue weighted by molar-refractivity contribution is -0.143. The summed E-state index contributed by atoms with van der Waals surface area (Å²) in [5.74, 6) is -1.32. The summed E-state index contributed by atoms with van der Waals surface area (Å²) < 4.78 is 5.13. The number of fused-ring (bicyclic) bond motifs is 3. The summed E-state index contributed by atoms with van der Waals surface area (Å²) in [7, 11) is 0. The molecule has 0 unspecified atom stereocenters. The van der Waals surface area contributed by atoms with Gasteiger partial charge >= 0.3 is 5.97 Å². The van der Waals surface area contributed by atoms with E-state index < -0.39 is 11.9 Å². The molecule has 0 aromatic carbocycles. The number of thiophene rings is 1. The van der Waals surface area contributed by atoms with Gasteiger partial charge in [-0.15, -0.1) is 11.3 Å². The van der Waals surface area contributed by atoms with Crippen LogP contribution >= 0.6 is 11.3 Å². The van der Waals surface area contributed by atoms with E-state index >= 15 is 0 Å². The van der Waals surface area contributed by atoms with Crippen LogP contribution in [-0.4, -0.2) is 35.3 Å². The largest absolute Gasteiger partial charge is 0.462 e. The molecule has 2 N–H and O–H groups in total. The van der Waals surface area contributed by atoms with E-state index in [9.17, 15) is 14.4 Å². The van der Waals surface area contributed by atoms with E-state index in [4.69, 9.17) is 10.5 Å². The topological polar surface area (TPSA) is 89.7 Å². The molecular formula is C19H24N2O4S. The molecule has 1 aliphatic heterocycles. The Morgan fingerprint density at radius 3 is 2.62 bits per heavy atom. The maximum atomic E-state index is 13.2. The fourth-order valence-electron chi connectivity index (χ4n) is 4.77. The first-order valence-corrected chi connectivity index (χ1v) is 10.3.